The Morgan fingerprint density at radius 3 is 2.89 bits per heavy atom. The number of rotatable bonds is 3. The van der Waals surface area contributed by atoms with Gasteiger partial charge in [-0.3, -0.25) is 4.68 Å². The van der Waals surface area contributed by atoms with Gasteiger partial charge in [-0.2, -0.15) is 5.10 Å². The summed E-state index contributed by atoms with van der Waals surface area (Å²) in [6, 6.07) is 6.71. The maximum Gasteiger partial charge on any atom is 0.363 e. The number of carbonyl (C=O) groups excluding carboxylic acids is 1. The number of esters is 1. The van der Waals surface area contributed by atoms with Gasteiger partial charge in [-0.1, -0.05) is 17.7 Å². The number of ether oxygens (including phenoxy) is 1. The Balaban J connectivity index is 2.30. The van der Waals surface area contributed by atoms with E-state index in [1.165, 1.54) is 0 Å². The average molecular weight is 344 g/mol. The molecule has 6 heteroatoms. The molecule has 1 aromatic carbocycles. The standard InChI is InChI=1S/C13H12BrClN2O2/c1-3-17-12(11(14)8(2)16-17)13(18)19-10-6-4-5-9(15)7-10/h4-7H,3H2,1-2H3. The molecule has 0 spiro atoms. The lowest BCUT2D eigenvalue weighted by molar-refractivity contribution is 0.0721. The van der Waals surface area contributed by atoms with Gasteiger partial charge in [-0.15, -0.1) is 0 Å². The predicted molar refractivity (Wildman–Crippen MR) is 76.7 cm³/mol. The summed E-state index contributed by atoms with van der Waals surface area (Å²) in [5, 5.41) is 4.77. The maximum absolute atomic E-state index is 12.2. The molecule has 0 bridgehead atoms. The van der Waals surface area contributed by atoms with Crippen LogP contribution in [-0.2, 0) is 6.54 Å². The Morgan fingerprint density at radius 2 is 2.26 bits per heavy atom. The van der Waals surface area contributed by atoms with Crippen LogP contribution in [0.3, 0.4) is 0 Å². The van der Waals surface area contributed by atoms with Crippen LogP contribution < -0.4 is 4.74 Å². The van der Waals surface area contributed by atoms with Crippen LogP contribution in [0.4, 0.5) is 0 Å². The number of hydrogen-bond acceptors (Lipinski definition) is 3. The van der Waals surface area contributed by atoms with E-state index in [1.54, 1.807) is 28.9 Å². The van der Waals surface area contributed by atoms with E-state index in [2.05, 4.69) is 21.0 Å². The Hall–Kier alpha value is -1.33. The summed E-state index contributed by atoms with van der Waals surface area (Å²) in [4.78, 5) is 12.2. The molecule has 0 atom stereocenters. The molecule has 19 heavy (non-hydrogen) atoms. The third-order valence-corrected chi connectivity index (χ3v) is 3.74. The zero-order valence-corrected chi connectivity index (χ0v) is 12.8. The van der Waals surface area contributed by atoms with Gasteiger partial charge in [0, 0.05) is 11.6 Å². The SMILES string of the molecule is CCn1nc(C)c(Br)c1C(=O)Oc1cccc(Cl)c1. The van der Waals surface area contributed by atoms with Gasteiger partial charge in [0.15, 0.2) is 5.69 Å². The fourth-order valence-corrected chi connectivity index (χ4v) is 2.30. The zero-order chi connectivity index (χ0) is 14.0. The molecule has 1 aromatic heterocycles. The first kappa shape index (κ1) is 14.1. The van der Waals surface area contributed by atoms with Crippen molar-refractivity contribution in [2.45, 2.75) is 20.4 Å². The summed E-state index contributed by atoms with van der Waals surface area (Å²) in [6.45, 7) is 4.33. The van der Waals surface area contributed by atoms with Crippen molar-refractivity contribution in [3.05, 3.63) is 45.1 Å². The number of nitrogens with zero attached hydrogens (tertiary/aromatic N) is 2. The molecule has 0 aliphatic rings. The minimum absolute atomic E-state index is 0.403. The first-order valence-corrected chi connectivity index (χ1v) is 6.90. The summed E-state index contributed by atoms with van der Waals surface area (Å²) < 4.78 is 7.56. The first-order valence-electron chi connectivity index (χ1n) is 5.73. The van der Waals surface area contributed by atoms with Gasteiger partial charge in [0.25, 0.3) is 0 Å². The molecule has 2 rings (SSSR count). The smallest absolute Gasteiger partial charge is 0.363 e. The lowest BCUT2D eigenvalue weighted by Crippen LogP contribution is -2.15. The van der Waals surface area contributed by atoms with Gasteiger partial charge < -0.3 is 4.74 Å². The number of carbonyl (C=O) groups is 1. The van der Waals surface area contributed by atoms with Crippen molar-refractivity contribution in [2.24, 2.45) is 0 Å². The number of aryl methyl sites for hydroxylation is 2. The van der Waals surface area contributed by atoms with Gasteiger partial charge in [-0.05, 0) is 48.0 Å². The van der Waals surface area contributed by atoms with Crippen molar-refractivity contribution in [1.29, 1.82) is 0 Å². The van der Waals surface area contributed by atoms with Gasteiger partial charge in [0.2, 0.25) is 0 Å². The van der Waals surface area contributed by atoms with Crippen molar-refractivity contribution in [3.63, 3.8) is 0 Å². The highest BCUT2D eigenvalue weighted by molar-refractivity contribution is 9.10. The van der Waals surface area contributed by atoms with E-state index < -0.39 is 5.97 Å². The quantitative estimate of drug-likeness (QED) is 0.628. The van der Waals surface area contributed by atoms with E-state index in [4.69, 9.17) is 16.3 Å². The van der Waals surface area contributed by atoms with Crippen molar-refractivity contribution < 1.29 is 9.53 Å². The van der Waals surface area contributed by atoms with Gasteiger partial charge in [0.1, 0.15) is 5.75 Å². The lowest BCUT2D eigenvalue weighted by atomic mass is 10.3. The number of halogens is 2. The van der Waals surface area contributed by atoms with Gasteiger partial charge in [-0.25, -0.2) is 4.79 Å². The molecule has 4 nitrogen and oxygen atoms in total. The van der Waals surface area contributed by atoms with Crippen LogP contribution in [0, 0.1) is 6.92 Å². The van der Waals surface area contributed by atoms with Crippen LogP contribution in [0.15, 0.2) is 28.7 Å². The minimum atomic E-state index is -0.461. The zero-order valence-electron chi connectivity index (χ0n) is 10.5. The molecular formula is C13H12BrClN2O2. The second-order valence-corrected chi connectivity index (χ2v) is 5.14. The molecule has 0 N–H and O–H groups in total. The molecule has 0 radical (unpaired) electrons. The molecule has 100 valence electrons. The van der Waals surface area contributed by atoms with Crippen LogP contribution in [-0.4, -0.2) is 15.7 Å². The molecular weight excluding hydrogens is 332 g/mol. The highest BCUT2D eigenvalue weighted by Gasteiger charge is 2.21. The van der Waals surface area contributed by atoms with Crippen molar-refractivity contribution in [2.75, 3.05) is 0 Å². The predicted octanol–water partition coefficient (Wildman–Crippen LogP) is 3.85. The first-order chi connectivity index (χ1) is 9.02. The Bertz CT molecular complexity index is 625. The fraction of sp³-hybridized carbons (Fsp3) is 0.231. The third kappa shape index (κ3) is 2.98. The molecule has 2 aromatic rings. The molecule has 0 unspecified atom stereocenters. The number of aromatic nitrogens is 2. The molecule has 0 saturated carbocycles. The van der Waals surface area contributed by atoms with Crippen molar-refractivity contribution in [1.82, 2.24) is 9.78 Å². The summed E-state index contributed by atoms with van der Waals surface area (Å²) in [5.74, 6) is -0.0532. The lowest BCUT2D eigenvalue weighted by Gasteiger charge is -2.06. The summed E-state index contributed by atoms with van der Waals surface area (Å²) >= 11 is 9.21. The van der Waals surface area contributed by atoms with E-state index >= 15 is 0 Å². The number of hydrogen-bond donors (Lipinski definition) is 0. The van der Waals surface area contributed by atoms with Crippen LogP contribution >= 0.6 is 27.5 Å². The molecule has 0 aliphatic heterocycles. The van der Waals surface area contributed by atoms with E-state index in [1.807, 2.05) is 13.8 Å². The van der Waals surface area contributed by atoms with Crippen LogP contribution in [0.25, 0.3) is 0 Å². The summed E-state index contributed by atoms with van der Waals surface area (Å²) in [6.07, 6.45) is 0. The molecule has 1 heterocycles. The Kier molecular flexibility index (Phi) is 4.27. The summed E-state index contributed by atoms with van der Waals surface area (Å²) in [5.41, 5.74) is 1.15. The summed E-state index contributed by atoms with van der Waals surface area (Å²) in [7, 11) is 0. The van der Waals surface area contributed by atoms with Gasteiger partial charge >= 0.3 is 5.97 Å². The monoisotopic (exact) mass is 342 g/mol. The van der Waals surface area contributed by atoms with Crippen LogP contribution in [0.2, 0.25) is 5.02 Å². The number of benzene rings is 1. The Morgan fingerprint density at radius 1 is 1.53 bits per heavy atom. The third-order valence-electron chi connectivity index (χ3n) is 2.55. The van der Waals surface area contributed by atoms with Crippen molar-refractivity contribution in [3.8, 4) is 5.75 Å². The van der Waals surface area contributed by atoms with E-state index in [-0.39, 0.29) is 0 Å². The second-order valence-electron chi connectivity index (χ2n) is 3.91. The van der Waals surface area contributed by atoms with Gasteiger partial charge in [0.05, 0.1) is 10.2 Å². The second kappa shape index (κ2) is 5.75. The molecule has 0 fully saturated rings. The largest absolute Gasteiger partial charge is 0.422 e. The van der Waals surface area contributed by atoms with Crippen LogP contribution in [0.1, 0.15) is 23.1 Å². The normalized spacial score (nSPS) is 10.5. The molecule has 0 aliphatic carbocycles. The van der Waals surface area contributed by atoms with E-state index in [0.717, 1.165) is 5.69 Å². The maximum atomic E-state index is 12.2. The topological polar surface area (TPSA) is 44.1 Å². The average Bonchev–Trinajstić information content (AvgIpc) is 2.65. The van der Waals surface area contributed by atoms with Crippen LogP contribution in [0.5, 0.6) is 5.75 Å². The minimum Gasteiger partial charge on any atom is -0.422 e. The highest BCUT2D eigenvalue weighted by atomic mass is 79.9. The molecule has 0 amide bonds. The van der Waals surface area contributed by atoms with E-state index in [9.17, 15) is 4.79 Å². The fourth-order valence-electron chi connectivity index (χ4n) is 1.67. The molecule has 0 saturated heterocycles. The van der Waals surface area contributed by atoms with Crippen molar-refractivity contribution >= 4 is 33.5 Å². The highest BCUT2D eigenvalue weighted by Crippen LogP contribution is 2.24. The van der Waals surface area contributed by atoms with E-state index in [0.29, 0.717) is 27.5 Å². The Labute approximate surface area is 124 Å².